The number of benzene rings is 1. The van der Waals surface area contributed by atoms with Crippen molar-refractivity contribution in [2.24, 2.45) is 0 Å². The van der Waals surface area contributed by atoms with Gasteiger partial charge >= 0.3 is 0 Å². The van der Waals surface area contributed by atoms with Crippen LogP contribution < -0.4 is 0 Å². The number of hydrogen-bond acceptors (Lipinski definition) is 3. The molecular formula is C10H14O3S. The van der Waals surface area contributed by atoms with Crippen molar-refractivity contribution in [3.63, 3.8) is 0 Å². The number of aliphatic hydroxyl groups is 1. The third-order valence-corrected chi connectivity index (χ3v) is 4.04. The van der Waals surface area contributed by atoms with E-state index in [1.54, 1.807) is 19.1 Å². The van der Waals surface area contributed by atoms with E-state index >= 15 is 0 Å². The first-order valence-corrected chi connectivity index (χ1v) is 6.01. The SMILES string of the molecule is CC[C@H](O)S(=O)(=O)c1ccc(C)cc1. The summed E-state index contributed by atoms with van der Waals surface area (Å²) in [5.41, 5.74) is -0.305. The molecule has 3 nitrogen and oxygen atoms in total. The van der Waals surface area contributed by atoms with Crippen LogP contribution in [0.1, 0.15) is 18.9 Å². The first-order valence-electron chi connectivity index (χ1n) is 4.47. The first kappa shape index (κ1) is 11.2. The van der Waals surface area contributed by atoms with Crippen molar-refractivity contribution < 1.29 is 13.5 Å². The minimum Gasteiger partial charge on any atom is -0.377 e. The summed E-state index contributed by atoms with van der Waals surface area (Å²) in [4.78, 5) is 0.178. The van der Waals surface area contributed by atoms with Crippen molar-refractivity contribution in [2.45, 2.75) is 30.6 Å². The highest BCUT2D eigenvalue weighted by Gasteiger charge is 2.22. The standard InChI is InChI=1S/C10H14O3S/c1-3-10(11)14(12,13)9-6-4-8(2)5-7-9/h4-7,10-11H,3H2,1-2H3/t10-/m1/s1. The van der Waals surface area contributed by atoms with Gasteiger partial charge in [0.05, 0.1) is 4.90 Å². The molecule has 4 heteroatoms. The molecule has 1 atom stereocenters. The van der Waals surface area contributed by atoms with Crippen molar-refractivity contribution in [1.82, 2.24) is 0 Å². The lowest BCUT2D eigenvalue weighted by Gasteiger charge is -2.09. The zero-order valence-electron chi connectivity index (χ0n) is 8.27. The smallest absolute Gasteiger partial charge is 0.204 e. The highest BCUT2D eigenvalue weighted by Crippen LogP contribution is 2.16. The van der Waals surface area contributed by atoms with Crippen LogP contribution >= 0.6 is 0 Å². The Morgan fingerprint density at radius 1 is 1.29 bits per heavy atom. The first-order chi connectivity index (χ1) is 6.48. The van der Waals surface area contributed by atoms with Crippen molar-refractivity contribution in [1.29, 1.82) is 0 Å². The van der Waals surface area contributed by atoms with Crippen LogP contribution in [0.5, 0.6) is 0 Å². The maximum absolute atomic E-state index is 11.6. The minimum atomic E-state index is -3.55. The van der Waals surface area contributed by atoms with Crippen LogP contribution in [0.2, 0.25) is 0 Å². The Kier molecular flexibility index (Phi) is 3.29. The van der Waals surface area contributed by atoms with Crippen LogP contribution in [0.25, 0.3) is 0 Å². The molecule has 0 saturated heterocycles. The van der Waals surface area contributed by atoms with Gasteiger partial charge in [0.2, 0.25) is 9.84 Å². The zero-order valence-corrected chi connectivity index (χ0v) is 9.08. The molecule has 0 unspecified atom stereocenters. The number of hydrogen-bond donors (Lipinski definition) is 1. The molecule has 0 aliphatic carbocycles. The minimum absolute atomic E-state index is 0.178. The molecule has 0 saturated carbocycles. The third-order valence-electron chi connectivity index (χ3n) is 2.06. The average Bonchev–Trinajstić information content (AvgIpc) is 2.17. The van der Waals surface area contributed by atoms with Crippen LogP contribution in [0.3, 0.4) is 0 Å². The summed E-state index contributed by atoms with van der Waals surface area (Å²) in [6.07, 6.45) is 0.205. The molecule has 0 aromatic heterocycles. The molecule has 1 aromatic carbocycles. The van der Waals surface area contributed by atoms with E-state index in [1.807, 2.05) is 6.92 Å². The Labute approximate surface area is 84.3 Å². The van der Waals surface area contributed by atoms with Gasteiger partial charge in [-0.15, -0.1) is 0 Å². The highest BCUT2D eigenvalue weighted by atomic mass is 32.2. The largest absolute Gasteiger partial charge is 0.377 e. The fraction of sp³-hybridized carbons (Fsp3) is 0.400. The highest BCUT2D eigenvalue weighted by molar-refractivity contribution is 7.91. The van der Waals surface area contributed by atoms with Gasteiger partial charge in [-0.3, -0.25) is 0 Å². The van der Waals surface area contributed by atoms with Crippen LogP contribution in [-0.2, 0) is 9.84 Å². The monoisotopic (exact) mass is 214 g/mol. The van der Waals surface area contributed by atoms with E-state index in [2.05, 4.69) is 0 Å². The topological polar surface area (TPSA) is 54.4 Å². The molecule has 78 valence electrons. The van der Waals surface area contributed by atoms with Crippen LogP contribution in [-0.4, -0.2) is 19.0 Å². The van der Waals surface area contributed by atoms with Crippen LogP contribution in [0.15, 0.2) is 29.2 Å². The predicted molar refractivity (Wildman–Crippen MR) is 54.7 cm³/mol. The molecule has 0 spiro atoms. The lowest BCUT2D eigenvalue weighted by molar-refractivity contribution is 0.244. The summed E-state index contributed by atoms with van der Waals surface area (Å²) in [5, 5.41) is 9.32. The summed E-state index contributed by atoms with van der Waals surface area (Å²) < 4.78 is 23.2. The van der Waals surface area contributed by atoms with E-state index in [0.717, 1.165) is 5.56 Å². The van der Waals surface area contributed by atoms with E-state index in [9.17, 15) is 13.5 Å². The molecule has 0 aliphatic rings. The molecular weight excluding hydrogens is 200 g/mol. The quantitative estimate of drug-likeness (QED) is 0.829. The summed E-state index contributed by atoms with van der Waals surface area (Å²) in [6.45, 7) is 3.52. The summed E-state index contributed by atoms with van der Waals surface area (Å²) >= 11 is 0. The molecule has 0 radical (unpaired) electrons. The van der Waals surface area contributed by atoms with Gasteiger partial charge in [0.25, 0.3) is 0 Å². The predicted octanol–water partition coefficient (Wildman–Crippen LogP) is 1.50. The second kappa shape index (κ2) is 4.11. The van der Waals surface area contributed by atoms with Crippen molar-refractivity contribution in [3.8, 4) is 0 Å². The van der Waals surface area contributed by atoms with Gasteiger partial charge < -0.3 is 5.11 Å². The van der Waals surface area contributed by atoms with Gasteiger partial charge in [0.15, 0.2) is 5.44 Å². The molecule has 0 bridgehead atoms. The lowest BCUT2D eigenvalue weighted by Crippen LogP contribution is -2.19. The Balaban J connectivity index is 3.11. The van der Waals surface area contributed by atoms with Gasteiger partial charge in [-0.25, -0.2) is 8.42 Å². The molecule has 1 N–H and O–H groups in total. The Hall–Kier alpha value is -0.870. The summed E-state index contributed by atoms with van der Waals surface area (Å²) in [6, 6.07) is 6.47. The van der Waals surface area contributed by atoms with E-state index in [0.29, 0.717) is 0 Å². The maximum Gasteiger partial charge on any atom is 0.204 e. The maximum atomic E-state index is 11.6. The van der Waals surface area contributed by atoms with Gasteiger partial charge in [-0.2, -0.15) is 0 Å². The molecule has 1 rings (SSSR count). The third kappa shape index (κ3) is 2.13. The van der Waals surface area contributed by atoms with Crippen LogP contribution in [0, 0.1) is 6.92 Å². The Bertz CT molecular complexity index is 392. The second-order valence-electron chi connectivity index (χ2n) is 3.22. The zero-order chi connectivity index (χ0) is 10.8. The Morgan fingerprint density at radius 2 is 1.79 bits per heavy atom. The number of aryl methyl sites for hydroxylation is 1. The molecule has 1 aromatic rings. The van der Waals surface area contributed by atoms with E-state index in [-0.39, 0.29) is 11.3 Å². The lowest BCUT2D eigenvalue weighted by atomic mass is 10.2. The molecule has 14 heavy (non-hydrogen) atoms. The van der Waals surface area contributed by atoms with Crippen molar-refractivity contribution in [3.05, 3.63) is 29.8 Å². The number of rotatable bonds is 3. The molecule has 0 amide bonds. The normalized spacial score (nSPS) is 13.9. The van der Waals surface area contributed by atoms with Gasteiger partial charge in [0.1, 0.15) is 0 Å². The summed E-state index contributed by atoms with van der Waals surface area (Å²) in [5.74, 6) is 0. The van der Waals surface area contributed by atoms with Crippen molar-refractivity contribution in [2.75, 3.05) is 0 Å². The molecule has 0 heterocycles. The number of sulfone groups is 1. The average molecular weight is 214 g/mol. The van der Waals surface area contributed by atoms with Gasteiger partial charge in [-0.1, -0.05) is 24.6 Å². The summed E-state index contributed by atoms with van der Waals surface area (Å²) in [7, 11) is -3.55. The van der Waals surface area contributed by atoms with Crippen LogP contribution in [0.4, 0.5) is 0 Å². The van der Waals surface area contributed by atoms with Gasteiger partial charge in [0, 0.05) is 0 Å². The van der Waals surface area contributed by atoms with Crippen molar-refractivity contribution >= 4 is 9.84 Å². The van der Waals surface area contributed by atoms with E-state index in [1.165, 1.54) is 12.1 Å². The van der Waals surface area contributed by atoms with Gasteiger partial charge in [-0.05, 0) is 25.5 Å². The molecule has 0 fully saturated rings. The van der Waals surface area contributed by atoms with E-state index < -0.39 is 15.3 Å². The number of aliphatic hydroxyl groups excluding tert-OH is 1. The Morgan fingerprint density at radius 3 is 2.21 bits per heavy atom. The fourth-order valence-electron chi connectivity index (χ4n) is 1.10. The second-order valence-corrected chi connectivity index (χ2v) is 5.33. The fourth-order valence-corrected chi connectivity index (χ4v) is 2.37. The van der Waals surface area contributed by atoms with E-state index in [4.69, 9.17) is 0 Å². The molecule has 0 aliphatic heterocycles.